The summed E-state index contributed by atoms with van der Waals surface area (Å²) in [5.74, 6) is -1.12. The molecule has 1 heterocycles. The smallest absolute Gasteiger partial charge is 0.325 e. The largest absolute Gasteiger partial charge is 0.418 e. The molecule has 4 rings (SSSR count). The van der Waals surface area contributed by atoms with Crippen LogP contribution in [-0.2, 0) is 11.0 Å². The fourth-order valence-corrected chi connectivity index (χ4v) is 4.01. The number of alkyl halides is 3. The van der Waals surface area contributed by atoms with E-state index in [1.165, 1.54) is 24.3 Å². The van der Waals surface area contributed by atoms with Crippen molar-refractivity contribution < 1.29 is 22.4 Å². The van der Waals surface area contributed by atoms with Gasteiger partial charge in [-0.1, -0.05) is 53.7 Å². The second kappa shape index (κ2) is 9.68. The zero-order valence-corrected chi connectivity index (χ0v) is 18.6. The Morgan fingerprint density at radius 1 is 0.971 bits per heavy atom. The molecule has 174 valence electrons. The van der Waals surface area contributed by atoms with Gasteiger partial charge in [0.2, 0.25) is 5.91 Å². The average molecular weight is 486 g/mol. The number of amides is 1. The van der Waals surface area contributed by atoms with Crippen LogP contribution in [0.2, 0.25) is 0 Å². The monoisotopic (exact) mass is 486 g/mol. The van der Waals surface area contributed by atoms with Gasteiger partial charge in [-0.25, -0.2) is 4.39 Å². The molecule has 0 fully saturated rings. The second-order valence-corrected chi connectivity index (χ2v) is 8.28. The first-order chi connectivity index (χ1) is 16.2. The predicted octanol–water partition coefficient (Wildman–Crippen LogP) is 6.13. The van der Waals surface area contributed by atoms with E-state index in [0.717, 1.165) is 23.4 Å². The molecule has 3 aromatic carbocycles. The van der Waals surface area contributed by atoms with E-state index in [-0.39, 0.29) is 22.8 Å². The molecule has 0 bridgehead atoms. The van der Waals surface area contributed by atoms with Crippen molar-refractivity contribution >= 4 is 23.4 Å². The van der Waals surface area contributed by atoms with Crippen LogP contribution in [0.4, 0.5) is 23.2 Å². The van der Waals surface area contributed by atoms with Gasteiger partial charge in [0, 0.05) is 5.69 Å². The highest BCUT2D eigenvalue weighted by atomic mass is 32.2. The molecule has 4 aromatic rings. The normalized spacial score (nSPS) is 11.4. The van der Waals surface area contributed by atoms with Crippen LogP contribution in [0.1, 0.15) is 11.1 Å². The van der Waals surface area contributed by atoms with Crippen LogP contribution in [0, 0.1) is 12.7 Å². The quantitative estimate of drug-likeness (QED) is 0.263. The molecular weight excluding hydrogens is 468 g/mol. The maximum Gasteiger partial charge on any atom is 0.418 e. The summed E-state index contributed by atoms with van der Waals surface area (Å²) in [6.07, 6.45) is -4.60. The van der Waals surface area contributed by atoms with Gasteiger partial charge in [-0.15, -0.1) is 10.2 Å². The molecule has 0 aliphatic heterocycles. The molecule has 1 amide bonds. The van der Waals surface area contributed by atoms with Crippen LogP contribution in [0.5, 0.6) is 0 Å². The number of aromatic nitrogens is 3. The van der Waals surface area contributed by atoms with E-state index in [0.29, 0.717) is 10.8 Å². The number of benzene rings is 3. The Bertz CT molecular complexity index is 1320. The second-order valence-electron chi connectivity index (χ2n) is 7.34. The number of hydrogen-bond acceptors (Lipinski definition) is 4. The first kappa shape index (κ1) is 23.5. The van der Waals surface area contributed by atoms with Crippen molar-refractivity contribution in [1.29, 1.82) is 0 Å². The molecule has 0 radical (unpaired) electrons. The molecule has 0 saturated heterocycles. The third-order valence-electron chi connectivity index (χ3n) is 4.88. The van der Waals surface area contributed by atoms with Gasteiger partial charge in [0.1, 0.15) is 5.82 Å². The van der Waals surface area contributed by atoms with Crippen molar-refractivity contribution in [3.63, 3.8) is 0 Å². The number of para-hydroxylation sites is 1. The highest BCUT2D eigenvalue weighted by molar-refractivity contribution is 7.99. The molecular formula is C24H18F4N4OS. The van der Waals surface area contributed by atoms with E-state index in [2.05, 4.69) is 15.5 Å². The van der Waals surface area contributed by atoms with Gasteiger partial charge < -0.3 is 5.32 Å². The summed E-state index contributed by atoms with van der Waals surface area (Å²) < 4.78 is 55.7. The van der Waals surface area contributed by atoms with E-state index < -0.39 is 23.5 Å². The number of nitrogens with zero attached hydrogens (tertiary/aromatic N) is 3. The van der Waals surface area contributed by atoms with E-state index in [1.54, 1.807) is 22.8 Å². The minimum Gasteiger partial charge on any atom is -0.325 e. The number of anilines is 1. The van der Waals surface area contributed by atoms with Crippen molar-refractivity contribution in [3.05, 3.63) is 89.7 Å². The minimum atomic E-state index is -4.60. The van der Waals surface area contributed by atoms with E-state index in [4.69, 9.17) is 0 Å². The zero-order chi connectivity index (χ0) is 24.3. The highest BCUT2D eigenvalue weighted by Crippen LogP contribution is 2.35. The Morgan fingerprint density at radius 2 is 1.65 bits per heavy atom. The summed E-state index contributed by atoms with van der Waals surface area (Å²) in [4.78, 5) is 12.5. The molecule has 0 unspecified atom stereocenters. The summed E-state index contributed by atoms with van der Waals surface area (Å²) in [7, 11) is 0. The SMILES string of the molecule is Cc1ccc(-n2c(SCC(=O)Nc3ccccc3C(F)(F)F)nnc2-c2ccccc2F)cc1. The minimum absolute atomic E-state index is 0.228. The summed E-state index contributed by atoms with van der Waals surface area (Å²) in [5, 5.41) is 10.8. The van der Waals surface area contributed by atoms with Crippen molar-refractivity contribution in [2.75, 3.05) is 11.1 Å². The number of carbonyl (C=O) groups excluding carboxylic acids is 1. The van der Waals surface area contributed by atoms with Crippen LogP contribution in [0.3, 0.4) is 0 Å². The maximum absolute atomic E-state index is 14.5. The standard InChI is InChI=1S/C24H18F4N4OS/c1-15-10-12-16(13-11-15)32-22(17-6-2-4-8-19(17)25)30-31-23(32)34-14-21(33)29-20-9-5-3-7-18(20)24(26,27)28/h2-13H,14H2,1H3,(H,29,33). The summed E-state index contributed by atoms with van der Waals surface area (Å²) in [6.45, 7) is 1.92. The van der Waals surface area contributed by atoms with E-state index >= 15 is 0 Å². The molecule has 5 nitrogen and oxygen atoms in total. The van der Waals surface area contributed by atoms with Crippen molar-refractivity contribution in [3.8, 4) is 17.1 Å². The zero-order valence-electron chi connectivity index (χ0n) is 17.8. The van der Waals surface area contributed by atoms with E-state index in [1.807, 2.05) is 31.2 Å². The lowest BCUT2D eigenvalue weighted by Gasteiger charge is -2.14. The Hall–Kier alpha value is -3.66. The number of carbonyl (C=O) groups is 1. The number of hydrogen-bond donors (Lipinski definition) is 1. The first-order valence-corrected chi connectivity index (χ1v) is 11.1. The van der Waals surface area contributed by atoms with Crippen molar-refractivity contribution in [2.45, 2.75) is 18.3 Å². The Morgan fingerprint density at radius 3 is 2.35 bits per heavy atom. The lowest BCUT2D eigenvalue weighted by Crippen LogP contribution is -2.18. The van der Waals surface area contributed by atoms with Gasteiger partial charge >= 0.3 is 6.18 Å². The molecule has 1 N–H and O–H groups in total. The van der Waals surface area contributed by atoms with Crippen LogP contribution in [-0.4, -0.2) is 26.4 Å². The molecule has 1 aromatic heterocycles. The lowest BCUT2D eigenvalue weighted by atomic mass is 10.1. The third-order valence-corrected chi connectivity index (χ3v) is 5.81. The molecule has 0 aliphatic rings. The fourth-order valence-electron chi connectivity index (χ4n) is 3.26. The van der Waals surface area contributed by atoms with Crippen LogP contribution in [0.15, 0.2) is 78.0 Å². The van der Waals surface area contributed by atoms with Gasteiger partial charge in [-0.3, -0.25) is 9.36 Å². The van der Waals surface area contributed by atoms with Crippen molar-refractivity contribution in [2.24, 2.45) is 0 Å². The molecule has 0 aliphatic carbocycles. The summed E-state index contributed by atoms with van der Waals surface area (Å²) >= 11 is 0.982. The molecule has 0 spiro atoms. The summed E-state index contributed by atoms with van der Waals surface area (Å²) in [6, 6.07) is 18.2. The first-order valence-electron chi connectivity index (χ1n) is 10.1. The maximum atomic E-state index is 14.5. The predicted molar refractivity (Wildman–Crippen MR) is 122 cm³/mol. The average Bonchev–Trinajstić information content (AvgIpc) is 3.22. The number of halogens is 4. The van der Waals surface area contributed by atoms with Crippen LogP contribution >= 0.6 is 11.8 Å². The molecule has 34 heavy (non-hydrogen) atoms. The van der Waals surface area contributed by atoms with Crippen LogP contribution < -0.4 is 5.32 Å². The number of thioether (sulfide) groups is 1. The number of rotatable bonds is 6. The molecule has 10 heteroatoms. The van der Waals surface area contributed by atoms with E-state index in [9.17, 15) is 22.4 Å². The summed E-state index contributed by atoms with van der Waals surface area (Å²) in [5.41, 5.74) is 0.636. The Kier molecular flexibility index (Phi) is 6.69. The number of nitrogens with one attached hydrogen (secondary N) is 1. The Balaban J connectivity index is 1.61. The molecule has 0 atom stereocenters. The fraction of sp³-hybridized carbons (Fsp3) is 0.125. The van der Waals surface area contributed by atoms with Gasteiger partial charge in [-0.05, 0) is 43.3 Å². The van der Waals surface area contributed by atoms with Gasteiger partial charge in [-0.2, -0.15) is 13.2 Å². The topological polar surface area (TPSA) is 59.8 Å². The molecule has 0 saturated carbocycles. The third kappa shape index (κ3) is 5.12. The van der Waals surface area contributed by atoms with Crippen LogP contribution in [0.25, 0.3) is 17.1 Å². The Labute approximate surface area is 196 Å². The lowest BCUT2D eigenvalue weighted by molar-refractivity contribution is -0.137. The van der Waals surface area contributed by atoms with Gasteiger partial charge in [0.05, 0.1) is 22.6 Å². The highest BCUT2D eigenvalue weighted by Gasteiger charge is 2.33. The van der Waals surface area contributed by atoms with Gasteiger partial charge in [0.15, 0.2) is 11.0 Å². The number of aryl methyl sites for hydroxylation is 1. The van der Waals surface area contributed by atoms with Gasteiger partial charge in [0.25, 0.3) is 0 Å². The van der Waals surface area contributed by atoms with Crippen molar-refractivity contribution in [1.82, 2.24) is 14.8 Å².